The Kier molecular flexibility index (Phi) is 5.26. The normalized spacial score (nSPS) is 15.1. The molecule has 0 atom stereocenters. The van der Waals surface area contributed by atoms with Crippen LogP contribution in [0.5, 0.6) is 0 Å². The van der Waals surface area contributed by atoms with Crippen LogP contribution in [0.2, 0.25) is 0 Å². The fourth-order valence-electron chi connectivity index (χ4n) is 4.44. The molecular formula is C28H23N3O. The SMILES string of the molecule is O/N=C/c1ccc(N2N=C(c3ccccc3)CC2(c2ccccc2)c2ccccc2)cc1. The third-order valence-electron chi connectivity index (χ3n) is 5.96. The molecule has 0 radical (unpaired) electrons. The van der Waals surface area contributed by atoms with Crippen LogP contribution in [0.1, 0.15) is 28.7 Å². The number of nitrogens with zero attached hydrogens (tertiary/aromatic N) is 3. The van der Waals surface area contributed by atoms with E-state index in [2.05, 4.69) is 83.0 Å². The summed E-state index contributed by atoms with van der Waals surface area (Å²) in [5.41, 5.74) is 5.84. The average molecular weight is 418 g/mol. The number of oxime groups is 1. The molecule has 4 aromatic rings. The molecule has 156 valence electrons. The fourth-order valence-corrected chi connectivity index (χ4v) is 4.44. The third-order valence-corrected chi connectivity index (χ3v) is 5.96. The van der Waals surface area contributed by atoms with Gasteiger partial charge >= 0.3 is 0 Å². The van der Waals surface area contributed by atoms with Crippen LogP contribution in [0, 0.1) is 0 Å². The summed E-state index contributed by atoms with van der Waals surface area (Å²) in [5, 5.41) is 19.3. The van der Waals surface area contributed by atoms with E-state index in [0.717, 1.165) is 28.9 Å². The molecule has 0 bridgehead atoms. The largest absolute Gasteiger partial charge is 0.411 e. The van der Waals surface area contributed by atoms with Crippen molar-refractivity contribution in [2.75, 3.05) is 5.01 Å². The van der Waals surface area contributed by atoms with Crippen LogP contribution in [-0.2, 0) is 5.54 Å². The molecule has 0 fully saturated rings. The van der Waals surface area contributed by atoms with Gasteiger partial charge in [-0.3, -0.25) is 0 Å². The van der Waals surface area contributed by atoms with E-state index in [9.17, 15) is 0 Å². The minimum Gasteiger partial charge on any atom is -0.411 e. The maximum Gasteiger partial charge on any atom is 0.119 e. The first-order valence-corrected chi connectivity index (χ1v) is 10.6. The van der Waals surface area contributed by atoms with Gasteiger partial charge in [-0.1, -0.05) is 108 Å². The number of anilines is 1. The van der Waals surface area contributed by atoms with Crippen molar-refractivity contribution in [3.8, 4) is 0 Å². The first kappa shape index (κ1) is 19.8. The Bertz CT molecular complexity index is 1190. The van der Waals surface area contributed by atoms with Gasteiger partial charge in [-0.2, -0.15) is 5.10 Å². The molecule has 4 heteroatoms. The minimum absolute atomic E-state index is 0.486. The molecule has 1 aliphatic heterocycles. The van der Waals surface area contributed by atoms with Gasteiger partial charge in [0, 0.05) is 6.42 Å². The zero-order valence-corrected chi connectivity index (χ0v) is 17.5. The molecule has 1 heterocycles. The van der Waals surface area contributed by atoms with E-state index in [-0.39, 0.29) is 0 Å². The predicted octanol–water partition coefficient (Wildman–Crippen LogP) is 6.05. The van der Waals surface area contributed by atoms with Gasteiger partial charge in [0.05, 0.1) is 17.6 Å². The van der Waals surface area contributed by atoms with Gasteiger partial charge in [-0.25, -0.2) is 5.01 Å². The standard InChI is InChI=1S/C28H23N3O/c32-29-21-22-16-18-26(19-17-22)31-28(24-12-6-2-7-13-24,25-14-8-3-9-15-25)20-27(30-31)23-10-4-1-5-11-23/h1-19,21,32H,20H2/b29-21+. The first-order valence-electron chi connectivity index (χ1n) is 10.6. The summed E-state index contributed by atoms with van der Waals surface area (Å²) >= 11 is 0. The highest BCUT2D eigenvalue weighted by Gasteiger charge is 2.46. The molecule has 0 aliphatic carbocycles. The Balaban J connectivity index is 1.73. The summed E-state index contributed by atoms with van der Waals surface area (Å²) in [5.74, 6) is 0. The zero-order valence-electron chi connectivity index (χ0n) is 17.5. The average Bonchev–Trinajstić information content (AvgIpc) is 3.28. The number of hydrogen-bond acceptors (Lipinski definition) is 4. The van der Waals surface area contributed by atoms with E-state index in [0.29, 0.717) is 0 Å². The van der Waals surface area contributed by atoms with Gasteiger partial charge < -0.3 is 5.21 Å². The Morgan fingerprint density at radius 2 is 1.25 bits per heavy atom. The van der Waals surface area contributed by atoms with E-state index in [1.54, 1.807) is 0 Å². The van der Waals surface area contributed by atoms with Crippen molar-refractivity contribution in [3.05, 3.63) is 138 Å². The van der Waals surface area contributed by atoms with Crippen molar-refractivity contribution >= 4 is 17.6 Å². The Morgan fingerprint density at radius 3 is 1.78 bits per heavy atom. The van der Waals surface area contributed by atoms with E-state index >= 15 is 0 Å². The molecule has 0 amide bonds. The van der Waals surface area contributed by atoms with E-state index in [4.69, 9.17) is 10.3 Å². The van der Waals surface area contributed by atoms with Gasteiger partial charge in [-0.15, -0.1) is 0 Å². The zero-order chi connectivity index (χ0) is 21.8. The summed E-state index contributed by atoms with van der Waals surface area (Å²) in [4.78, 5) is 0. The highest BCUT2D eigenvalue weighted by molar-refractivity contribution is 6.04. The van der Waals surface area contributed by atoms with E-state index in [1.165, 1.54) is 17.3 Å². The number of rotatable bonds is 5. The molecule has 0 saturated carbocycles. The second kappa shape index (κ2) is 8.52. The second-order valence-electron chi connectivity index (χ2n) is 7.83. The van der Waals surface area contributed by atoms with Gasteiger partial charge in [0.25, 0.3) is 0 Å². The number of benzene rings is 4. The second-order valence-corrected chi connectivity index (χ2v) is 7.83. The lowest BCUT2D eigenvalue weighted by Gasteiger charge is -2.39. The van der Waals surface area contributed by atoms with Crippen LogP contribution < -0.4 is 5.01 Å². The van der Waals surface area contributed by atoms with Crippen LogP contribution in [-0.4, -0.2) is 17.1 Å². The fraction of sp³-hybridized carbons (Fsp3) is 0.0714. The monoisotopic (exact) mass is 417 g/mol. The lowest BCUT2D eigenvalue weighted by Crippen LogP contribution is -2.41. The van der Waals surface area contributed by atoms with Crippen molar-refractivity contribution in [3.63, 3.8) is 0 Å². The molecule has 5 rings (SSSR count). The van der Waals surface area contributed by atoms with Gasteiger partial charge in [0.1, 0.15) is 5.54 Å². The lowest BCUT2D eigenvalue weighted by molar-refractivity contribution is 0.322. The molecule has 0 aromatic heterocycles. The van der Waals surface area contributed by atoms with Crippen molar-refractivity contribution in [1.29, 1.82) is 0 Å². The Morgan fingerprint density at radius 1 is 0.719 bits per heavy atom. The van der Waals surface area contributed by atoms with Crippen LogP contribution >= 0.6 is 0 Å². The van der Waals surface area contributed by atoms with Crippen molar-refractivity contribution < 1.29 is 5.21 Å². The number of hydrogen-bond donors (Lipinski definition) is 1. The van der Waals surface area contributed by atoms with Crippen molar-refractivity contribution in [1.82, 2.24) is 0 Å². The van der Waals surface area contributed by atoms with E-state index in [1.807, 2.05) is 42.5 Å². The molecule has 0 unspecified atom stereocenters. The minimum atomic E-state index is -0.486. The third kappa shape index (κ3) is 3.46. The summed E-state index contributed by atoms with van der Waals surface area (Å²) in [6, 6.07) is 39.4. The predicted molar refractivity (Wildman–Crippen MR) is 130 cm³/mol. The maximum absolute atomic E-state index is 8.88. The summed E-state index contributed by atoms with van der Waals surface area (Å²) < 4.78 is 0. The molecular weight excluding hydrogens is 394 g/mol. The molecule has 32 heavy (non-hydrogen) atoms. The smallest absolute Gasteiger partial charge is 0.119 e. The van der Waals surface area contributed by atoms with Gasteiger partial charge in [0.2, 0.25) is 0 Å². The molecule has 0 spiro atoms. The van der Waals surface area contributed by atoms with Gasteiger partial charge in [0.15, 0.2) is 0 Å². The van der Waals surface area contributed by atoms with Crippen LogP contribution in [0.4, 0.5) is 5.69 Å². The Hall–Kier alpha value is -4.18. The molecule has 1 N–H and O–H groups in total. The van der Waals surface area contributed by atoms with Crippen molar-refractivity contribution in [2.24, 2.45) is 10.3 Å². The topological polar surface area (TPSA) is 48.2 Å². The highest BCUT2D eigenvalue weighted by Crippen LogP contribution is 2.46. The Labute approximate surface area is 187 Å². The number of hydrazone groups is 1. The molecule has 0 saturated heterocycles. The van der Waals surface area contributed by atoms with E-state index < -0.39 is 5.54 Å². The van der Waals surface area contributed by atoms with Crippen molar-refractivity contribution in [2.45, 2.75) is 12.0 Å². The lowest BCUT2D eigenvalue weighted by atomic mass is 9.78. The highest BCUT2D eigenvalue weighted by atomic mass is 16.4. The summed E-state index contributed by atoms with van der Waals surface area (Å²) in [6.07, 6.45) is 2.17. The van der Waals surface area contributed by atoms with Gasteiger partial charge in [-0.05, 0) is 34.4 Å². The van der Waals surface area contributed by atoms with Crippen LogP contribution in [0.25, 0.3) is 0 Å². The first-order chi connectivity index (χ1) is 15.8. The van der Waals surface area contributed by atoms with Crippen LogP contribution in [0.3, 0.4) is 0 Å². The summed E-state index contributed by atoms with van der Waals surface area (Å²) in [6.45, 7) is 0. The quantitative estimate of drug-likeness (QED) is 0.244. The molecule has 4 aromatic carbocycles. The van der Waals surface area contributed by atoms with Crippen LogP contribution in [0.15, 0.2) is 126 Å². The molecule has 1 aliphatic rings. The maximum atomic E-state index is 8.88. The summed E-state index contributed by atoms with van der Waals surface area (Å²) in [7, 11) is 0. The molecule has 4 nitrogen and oxygen atoms in total.